The summed E-state index contributed by atoms with van der Waals surface area (Å²) >= 11 is 1.60. The number of hydrogen-bond donors (Lipinski definition) is 1. The predicted molar refractivity (Wildman–Crippen MR) is 93.1 cm³/mol. The van der Waals surface area contributed by atoms with Gasteiger partial charge in [0, 0.05) is 4.88 Å². The van der Waals surface area contributed by atoms with Gasteiger partial charge in [0.25, 0.3) is 5.91 Å². The molecular weight excluding hydrogens is 308 g/mol. The lowest BCUT2D eigenvalue weighted by Crippen LogP contribution is -2.32. The number of anilines is 1. The first-order chi connectivity index (χ1) is 11.2. The van der Waals surface area contributed by atoms with Crippen LogP contribution in [0.4, 0.5) is 5.13 Å². The molecule has 2 aromatic rings. The molecule has 0 bridgehead atoms. The van der Waals surface area contributed by atoms with Crippen LogP contribution in [0.25, 0.3) is 0 Å². The van der Waals surface area contributed by atoms with E-state index in [1.165, 1.54) is 11.3 Å². The second-order valence-electron chi connectivity index (χ2n) is 6.05. The molecular formula is C18H22N2O2S. The number of rotatable bonds is 5. The van der Waals surface area contributed by atoms with Gasteiger partial charge < -0.3 is 4.74 Å². The summed E-state index contributed by atoms with van der Waals surface area (Å²) in [4.78, 5) is 18.4. The maximum Gasteiger partial charge on any atom is 0.267 e. The van der Waals surface area contributed by atoms with E-state index in [2.05, 4.69) is 17.2 Å². The molecule has 0 spiro atoms. The molecule has 122 valence electrons. The van der Waals surface area contributed by atoms with E-state index in [-0.39, 0.29) is 5.91 Å². The van der Waals surface area contributed by atoms with E-state index in [4.69, 9.17) is 4.74 Å². The number of nitrogens with one attached hydrogen (secondary N) is 1. The van der Waals surface area contributed by atoms with Crippen LogP contribution in [0.3, 0.4) is 0 Å². The van der Waals surface area contributed by atoms with Crippen LogP contribution in [-0.2, 0) is 17.6 Å². The van der Waals surface area contributed by atoms with Crippen molar-refractivity contribution in [3.8, 4) is 5.75 Å². The van der Waals surface area contributed by atoms with Crippen molar-refractivity contribution >= 4 is 22.4 Å². The monoisotopic (exact) mass is 330 g/mol. The highest BCUT2D eigenvalue weighted by Gasteiger charge is 2.23. The molecule has 1 N–H and O–H groups in total. The van der Waals surface area contributed by atoms with Crippen molar-refractivity contribution < 1.29 is 9.53 Å². The molecule has 0 aliphatic heterocycles. The Morgan fingerprint density at radius 3 is 2.96 bits per heavy atom. The molecule has 1 heterocycles. The van der Waals surface area contributed by atoms with Crippen LogP contribution < -0.4 is 10.1 Å². The van der Waals surface area contributed by atoms with Crippen LogP contribution in [0, 0.1) is 5.92 Å². The highest BCUT2D eigenvalue weighted by Crippen LogP contribution is 2.32. The van der Waals surface area contributed by atoms with Gasteiger partial charge in [-0.2, -0.15) is 0 Å². The minimum Gasteiger partial charge on any atom is -0.481 e. The standard InChI is InChI=1S/C18H22N2O2S/c1-3-15(22-13-7-5-4-6-8-13)17(21)20-18-19-14-10-9-12(2)11-16(14)23-18/h4-8,12,15H,3,9-11H2,1-2H3,(H,19,20,21). The van der Waals surface area contributed by atoms with Crippen LogP contribution in [0.2, 0.25) is 0 Å². The van der Waals surface area contributed by atoms with Crippen molar-refractivity contribution in [3.63, 3.8) is 0 Å². The zero-order chi connectivity index (χ0) is 16.2. The first kappa shape index (κ1) is 16.0. The Kier molecular flexibility index (Phi) is 4.96. The molecule has 1 aromatic heterocycles. The van der Waals surface area contributed by atoms with Crippen LogP contribution in [0.15, 0.2) is 30.3 Å². The molecule has 2 atom stereocenters. The molecule has 5 heteroatoms. The summed E-state index contributed by atoms with van der Waals surface area (Å²) in [6.07, 6.45) is 3.38. The zero-order valence-corrected chi connectivity index (χ0v) is 14.4. The van der Waals surface area contributed by atoms with Gasteiger partial charge in [-0.15, -0.1) is 11.3 Å². The van der Waals surface area contributed by atoms with Crippen molar-refractivity contribution in [2.45, 2.75) is 45.6 Å². The molecule has 0 saturated heterocycles. The number of fused-ring (bicyclic) bond motifs is 1. The first-order valence-electron chi connectivity index (χ1n) is 8.17. The normalized spacial score (nSPS) is 18.1. The predicted octanol–water partition coefficient (Wildman–Crippen LogP) is 4.06. The average molecular weight is 330 g/mol. The summed E-state index contributed by atoms with van der Waals surface area (Å²) in [5, 5.41) is 3.63. The van der Waals surface area contributed by atoms with Crippen molar-refractivity contribution in [1.82, 2.24) is 4.98 Å². The highest BCUT2D eigenvalue weighted by atomic mass is 32.1. The Morgan fingerprint density at radius 2 is 2.22 bits per heavy atom. The van der Waals surface area contributed by atoms with Crippen LogP contribution in [0.5, 0.6) is 5.75 Å². The molecule has 4 nitrogen and oxygen atoms in total. The van der Waals surface area contributed by atoms with E-state index in [1.54, 1.807) is 11.3 Å². The third-order valence-electron chi connectivity index (χ3n) is 4.10. The van der Waals surface area contributed by atoms with Gasteiger partial charge in [-0.05, 0) is 43.7 Å². The number of nitrogens with zero attached hydrogens (tertiary/aromatic N) is 1. The van der Waals surface area contributed by atoms with Gasteiger partial charge in [0.05, 0.1) is 5.69 Å². The number of aryl methyl sites for hydroxylation is 1. The fourth-order valence-corrected chi connectivity index (χ4v) is 3.94. The lowest BCUT2D eigenvalue weighted by Gasteiger charge is -2.16. The van der Waals surface area contributed by atoms with Gasteiger partial charge in [0.2, 0.25) is 0 Å². The van der Waals surface area contributed by atoms with Gasteiger partial charge in [-0.25, -0.2) is 4.98 Å². The molecule has 0 radical (unpaired) electrons. The molecule has 0 fully saturated rings. The molecule has 1 aliphatic carbocycles. The van der Waals surface area contributed by atoms with Gasteiger partial charge in [-0.3, -0.25) is 10.1 Å². The number of ether oxygens (including phenoxy) is 1. The van der Waals surface area contributed by atoms with Gasteiger partial charge in [0.15, 0.2) is 11.2 Å². The second-order valence-corrected chi connectivity index (χ2v) is 7.14. The molecule has 23 heavy (non-hydrogen) atoms. The van der Waals surface area contributed by atoms with E-state index in [0.717, 1.165) is 18.5 Å². The first-order valence-corrected chi connectivity index (χ1v) is 8.98. The Balaban J connectivity index is 1.65. The SMILES string of the molecule is CCC(Oc1ccccc1)C(=O)Nc1nc2c(s1)CC(C)CC2. The lowest BCUT2D eigenvalue weighted by atomic mass is 9.93. The number of carbonyl (C=O) groups is 1. The fraction of sp³-hybridized carbons (Fsp3) is 0.444. The number of amides is 1. The average Bonchev–Trinajstić information content (AvgIpc) is 2.94. The van der Waals surface area contributed by atoms with E-state index in [9.17, 15) is 4.79 Å². The molecule has 0 saturated carbocycles. The van der Waals surface area contributed by atoms with Crippen LogP contribution in [0.1, 0.15) is 37.3 Å². The highest BCUT2D eigenvalue weighted by molar-refractivity contribution is 7.15. The molecule has 3 rings (SSSR count). The summed E-state index contributed by atoms with van der Waals surface area (Å²) in [6, 6.07) is 9.44. The van der Waals surface area contributed by atoms with Crippen LogP contribution in [-0.4, -0.2) is 17.0 Å². The van der Waals surface area contributed by atoms with E-state index in [1.807, 2.05) is 37.3 Å². The second kappa shape index (κ2) is 7.13. The smallest absolute Gasteiger partial charge is 0.267 e. The Bertz CT molecular complexity index is 669. The summed E-state index contributed by atoms with van der Waals surface area (Å²) in [5.41, 5.74) is 1.15. The third-order valence-corrected chi connectivity index (χ3v) is 5.14. The summed E-state index contributed by atoms with van der Waals surface area (Å²) in [7, 11) is 0. The molecule has 2 unspecified atom stereocenters. The summed E-state index contributed by atoms with van der Waals surface area (Å²) < 4.78 is 5.78. The Labute approximate surface area is 140 Å². The number of benzene rings is 1. The van der Waals surface area contributed by atoms with Gasteiger partial charge >= 0.3 is 0 Å². The van der Waals surface area contributed by atoms with Crippen molar-refractivity contribution in [2.75, 3.05) is 5.32 Å². The van der Waals surface area contributed by atoms with Crippen molar-refractivity contribution in [3.05, 3.63) is 40.9 Å². The molecule has 1 amide bonds. The minimum absolute atomic E-state index is 0.129. The summed E-state index contributed by atoms with van der Waals surface area (Å²) in [5.74, 6) is 1.29. The lowest BCUT2D eigenvalue weighted by molar-refractivity contribution is -0.122. The zero-order valence-electron chi connectivity index (χ0n) is 13.5. The molecule has 1 aliphatic rings. The molecule has 1 aromatic carbocycles. The maximum absolute atomic E-state index is 12.5. The van der Waals surface area contributed by atoms with Crippen molar-refractivity contribution in [2.24, 2.45) is 5.92 Å². The van der Waals surface area contributed by atoms with Crippen molar-refractivity contribution in [1.29, 1.82) is 0 Å². The number of hydrogen-bond acceptors (Lipinski definition) is 4. The van der Waals surface area contributed by atoms with E-state index in [0.29, 0.717) is 23.2 Å². The van der Waals surface area contributed by atoms with E-state index >= 15 is 0 Å². The largest absolute Gasteiger partial charge is 0.481 e. The van der Waals surface area contributed by atoms with E-state index < -0.39 is 6.10 Å². The third kappa shape index (κ3) is 3.91. The number of carbonyl (C=O) groups excluding carboxylic acids is 1. The van der Waals surface area contributed by atoms with Crippen LogP contribution >= 0.6 is 11.3 Å². The van der Waals surface area contributed by atoms with Gasteiger partial charge in [-0.1, -0.05) is 32.0 Å². The quantitative estimate of drug-likeness (QED) is 0.899. The van der Waals surface area contributed by atoms with Gasteiger partial charge in [0.1, 0.15) is 5.75 Å². The number of aromatic nitrogens is 1. The maximum atomic E-state index is 12.5. The fourth-order valence-electron chi connectivity index (χ4n) is 2.76. The number of thiazole rings is 1. The summed E-state index contributed by atoms with van der Waals surface area (Å²) in [6.45, 7) is 4.21. The Hall–Kier alpha value is -1.88. The topological polar surface area (TPSA) is 51.2 Å². The number of para-hydroxylation sites is 1. The minimum atomic E-state index is -0.503. The Morgan fingerprint density at radius 1 is 1.43 bits per heavy atom.